The molecule has 20 heavy (non-hydrogen) atoms. The second-order valence-electron chi connectivity index (χ2n) is 5.76. The van der Waals surface area contributed by atoms with Crippen LogP contribution in [0.4, 0.5) is 5.69 Å². The van der Waals surface area contributed by atoms with Gasteiger partial charge in [0.1, 0.15) is 5.75 Å². The third-order valence-corrected chi connectivity index (χ3v) is 3.18. The molecule has 0 amide bonds. The minimum absolute atomic E-state index is 0.0996. The summed E-state index contributed by atoms with van der Waals surface area (Å²) in [4.78, 5) is 21.7. The van der Waals surface area contributed by atoms with Crippen molar-refractivity contribution < 1.29 is 19.6 Å². The highest BCUT2D eigenvalue weighted by Crippen LogP contribution is 2.31. The molecule has 1 unspecified atom stereocenters. The monoisotopic (exact) mass is 281 g/mol. The van der Waals surface area contributed by atoms with E-state index in [0.717, 1.165) is 0 Å². The normalized spacial score (nSPS) is 12.8. The van der Waals surface area contributed by atoms with Crippen molar-refractivity contribution in [3.63, 3.8) is 0 Å². The first-order valence-electron chi connectivity index (χ1n) is 6.20. The Morgan fingerprint density at radius 1 is 1.40 bits per heavy atom. The number of hydrogen-bond donors (Lipinski definition) is 1. The average molecular weight is 281 g/mol. The van der Waals surface area contributed by atoms with Crippen LogP contribution < -0.4 is 4.74 Å². The predicted molar refractivity (Wildman–Crippen MR) is 73.9 cm³/mol. The maximum absolute atomic E-state index is 11.4. The third-order valence-electron chi connectivity index (χ3n) is 3.18. The van der Waals surface area contributed by atoms with Gasteiger partial charge in [-0.3, -0.25) is 14.9 Å². The van der Waals surface area contributed by atoms with Crippen molar-refractivity contribution in [3.05, 3.63) is 33.9 Å². The number of carbonyl (C=O) groups is 1. The maximum atomic E-state index is 11.4. The summed E-state index contributed by atoms with van der Waals surface area (Å²) < 4.78 is 5.02. The van der Waals surface area contributed by atoms with E-state index in [1.165, 1.54) is 19.2 Å². The van der Waals surface area contributed by atoms with Crippen molar-refractivity contribution in [1.29, 1.82) is 0 Å². The van der Waals surface area contributed by atoms with Gasteiger partial charge in [0.05, 0.1) is 24.0 Å². The first kappa shape index (κ1) is 15.9. The van der Waals surface area contributed by atoms with Gasteiger partial charge in [-0.1, -0.05) is 20.8 Å². The topological polar surface area (TPSA) is 89.7 Å². The number of benzene rings is 1. The molecule has 6 heteroatoms. The number of rotatable bonds is 5. The van der Waals surface area contributed by atoms with E-state index in [-0.39, 0.29) is 12.1 Å². The van der Waals surface area contributed by atoms with Gasteiger partial charge < -0.3 is 9.84 Å². The average Bonchev–Trinajstić information content (AvgIpc) is 2.33. The molecule has 0 radical (unpaired) electrons. The number of non-ortho nitro benzene ring substituents is 1. The standard InChI is InChI=1S/C14H19NO5/c1-14(2,3)12(13(16)17)7-9-5-10(15(18)19)8-11(6-9)20-4/h5-6,8,12H,7H2,1-4H3,(H,16,17). The lowest BCUT2D eigenvalue weighted by atomic mass is 9.77. The second-order valence-corrected chi connectivity index (χ2v) is 5.76. The van der Waals surface area contributed by atoms with Crippen molar-refractivity contribution >= 4 is 11.7 Å². The van der Waals surface area contributed by atoms with Crippen molar-refractivity contribution in [1.82, 2.24) is 0 Å². The zero-order chi connectivity index (χ0) is 15.5. The Bertz CT molecular complexity index is 519. The number of nitrogens with zero attached hydrogens (tertiary/aromatic N) is 1. The van der Waals surface area contributed by atoms with E-state index < -0.39 is 22.2 Å². The van der Waals surface area contributed by atoms with E-state index in [9.17, 15) is 20.0 Å². The van der Waals surface area contributed by atoms with E-state index in [0.29, 0.717) is 11.3 Å². The molecule has 0 bridgehead atoms. The van der Waals surface area contributed by atoms with E-state index in [1.54, 1.807) is 6.07 Å². The van der Waals surface area contributed by atoms with Gasteiger partial charge in [-0.05, 0) is 23.5 Å². The van der Waals surface area contributed by atoms with Crippen molar-refractivity contribution in [3.8, 4) is 5.75 Å². The molecule has 0 heterocycles. The van der Waals surface area contributed by atoms with Crippen LogP contribution in [0, 0.1) is 21.4 Å². The summed E-state index contributed by atoms with van der Waals surface area (Å²) in [6, 6.07) is 4.34. The molecular formula is C14H19NO5. The Balaban J connectivity index is 3.15. The SMILES string of the molecule is COc1cc(CC(C(=O)O)C(C)(C)C)cc([N+](=O)[O-])c1. The fraction of sp³-hybridized carbons (Fsp3) is 0.500. The highest BCUT2D eigenvalue weighted by Gasteiger charge is 2.31. The van der Waals surface area contributed by atoms with Crippen LogP contribution in [0.1, 0.15) is 26.3 Å². The molecule has 1 atom stereocenters. The lowest BCUT2D eigenvalue weighted by Crippen LogP contribution is -2.30. The Hall–Kier alpha value is -2.11. The highest BCUT2D eigenvalue weighted by atomic mass is 16.6. The summed E-state index contributed by atoms with van der Waals surface area (Å²) in [5, 5.41) is 20.2. The van der Waals surface area contributed by atoms with Crippen LogP contribution in [0.2, 0.25) is 0 Å². The van der Waals surface area contributed by atoms with Crippen molar-refractivity contribution in [2.75, 3.05) is 7.11 Å². The number of carboxylic acids is 1. The lowest BCUT2D eigenvalue weighted by Gasteiger charge is -2.27. The van der Waals surface area contributed by atoms with Crippen LogP contribution in [-0.2, 0) is 11.2 Å². The number of carboxylic acid groups (broad SMARTS) is 1. The molecule has 0 fully saturated rings. The molecule has 0 spiro atoms. The maximum Gasteiger partial charge on any atom is 0.307 e. The van der Waals surface area contributed by atoms with Crippen LogP contribution >= 0.6 is 0 Å². The van der Waals surface area contributed by atoms with Crippen molar-refractivity contribution in [2.24, 2.45) is 11.3 Å². The Kier molecular flexibility index (Phi) is 4.70. The summed E-state index contributed by atoms with van der Waals surface area (Å²) in [6.07, 6.45) is 0.219. The summed E-state index contributed by atoms with van der Waals surface area (Å²) in [5.41, 5.74) is 0.0414. The molecule has 1 aromatic carbocycles. The van der Waals surface area contributed by atoms with E-state index in [4.69, 9.17) is 4.74 Å². The van der Waals surface area contributed by atoms with Crippen LogP contribution in [0.3, 0.4) is 0 Å². The van der Waals surface area contributed by atoms with Crippen LogP contribution in [0.25, 0.3) is 0 Å². The number of nitro groups is 1. The van der Waals surface area contributed by atoms with E-state index in [2.05, 4.69) is 0 Å². The molecule has 110 valence electrons. The largest absolute Gasteiger partial charge is 0.496 e. The zero-order valence-electron chi connectivity index (χ0n) is 12.0. The fourth-order valence-corrected chi connectivity index (χ4v) is 1.98. The molecule has 1 rings (SSSR count). The van der Waals surface area contributed by atoms with E-state index >= 15 is 0 Å². The number of nitro benzene ring substituents is 1. The smallest absolute Gasteiger partial charge is 0.307 e. The van der Waals surface area contributed by atoms with Gasteiger partial charge in [0, 0.05) is 6.07 Å². The minimum Gasteiger partial charge on any atom is -0.496 e. The molecule has 1 N–H and O–H groups in total. The van der Waals surface area contributed by atoms with Gasteiger partial charge >= 0.3 is 5.97 Å². The van der Waals surface area contributed by atoms with Gasteiger partial charge in [-0.2, -0.15) is 0 Å². The van der Waals surface area contributed by atoms with Gasteiger partial charge in [0.2, 0.25) is 0 Å². The zero-order valence-corrected chi connectivity index (χ0v) is 12.0. The molecule has 6 nitrogen and oxygen atoms in total. The molecule has 0 aromatic heterocycles. The van der Waals surface area contributed by atoms with Crippen LogP contribution in [-0.4, -0.2) is 23.1 Å². The predicted octanol–water partition coefficient (Wildman–Crippen LogP) is 2.89. The molecule has 0 aliphatic rings. The number of methoxy groups -OCH3 is 1. The van der Waals surface area contributed by atoms with Gasteiger partial charge in [0.15, 0.2) is 0 Å². The number of hydrogen-bond acceptors (Lipinski definition) is 4. The summed E-state index contributed by atoms with van der Waals surface area (Å²) in [6.45, 7) is 5.50. The third kappa shape index (κ3) is 3.94. The van der Waals surface area contributed by atoms with Crippen LogP contribution in [0.15, 0.2) is 18.2 Å². The Morgan fingerprint density at radius 3 is 2.40 bits per heavy atom. The molecule has 0 saturated heterocycles. The first-order valence-corrected chi connectivity index (χ1v) is 6.20. The lowest BCUT2D eigenvalue weighted by molar-refractivity contribution is -0.385. The van der Waals surface area contributed by atoms with Crippen LogP contribution in [0.5, 0.6) is 5.75 Å². The highest BCUT2D eigenvalue weighted by molar-refractivity contribution is 5.71. The molecular weight excluding hydrogens is 262 g/mol. The van der Waals surface area contributed by atoms with Crippen molar-refractivity contribution in [2.45, 2.75) is 27.2 Å². The minimum atomic E-state index is -0.914. The second kappa shape index (κ2) is 5.90. The molecule has 1 aromatic rings. The van der Waals surface area contributed by atoms with Gasteiger partial charge in [0.25, 0.3) is 5.69 Å². The first-order chi connectivity index (χ1) is 9.15. The quantitative estimate of drug-likeness (QED) is 0.662. The molecule has 0 aliphatic heterocycles. The van der Waals surface area contributed by atoms with E-state index in [1.807, 2.05) is 20.8 Å². The molecule has 0 saturated carbocycles. The Morgan fingerprint density at radius 2 is 2.00 bits per heavy atom. The number of ether oxygens (including phenoxy) is 1. The van der Waals surface area contributed by atoms with Gasteiger partial charge in [-0.15, -0.1) is 0 Å². The molecule has 0 aliphatic carbocycles. The summed E-state index contributed by atoms with van der Waals surface area (Å²) in [5.74, 6) is -1.19. The fourth-order valence-electron chi connectivity index (χ4n) is 1.98. The Labute approximate surface area is 117 Å². The summed E-state index contributed by atoms with van der Waals surface area (Å²) >= 11 is 0. The van der Waals surface area contributed by atoms with Gasteiger partial charge in [-0.25, -0.2) is 0 Å². The summed E-state index contributed by atoms with van der Waals surface area (Å²) in [7, 11) is 1.42. The number of aliphatic carboxylic acids is 1.